The van der Waals surface area contributed by atoms with Crippen molar-refractivity contribution in [1.29, 1.82) is 0 Å². The van der Waals surface area contributed by atoms with E-state index in [2.05, 4.69) is 45.5 Å². The molecule has 7 heteroatoms. The third-order valence-corrected chi connectivity index (χ3v) is 5.31. The molecule has 0 N–H and O–H groups in total. The summed E-state index contributed by atoms with van der Waals surface area (Å²) in [7, 11) is 0. The maximum absolute atomic E-state index is 12.9. The fraction of sp³-hybridized carbons (Fsp3) is 0.364. The number of rotatable bonds is 4. The van der Waals surface area contributed by atoms with Crippen molar-refractivity contribution >= 4 is 5.91 Å². The van der Waals surface area contributed by atoms with Crippen LogP contribution in [0.4, 0.5) is 0 Å². The summed E-state index contributed by atoms with van der Waals surface area (Å²) in [6.45, 7) is 9.79. The minimum atomic E-state index is 0.112. The van der Waals surface area contributed by atoms with Gasteiger partial charge in [-0.2, -0.15) is 4.68 Å². The van der Waals surface area contributed by atoms with Gasteiger partial charge in [-0.15, -0.1) is 5.10 Å². The molecule has 0 saturated carbocycles. The van der Waals surface area contributed by atoms with E-state index in [1.807, 2.05) is 43.0 Å². The Morgan fingerprint density at radius 2 is 1.55 bits per heavy atom. The fourth-order valence-electron chi connectivity index (χ4n) is 3.78. The fourth-order valence-corrected chi connectivity index (χ4v) is 3.78. The summed E-state index contributed by atoms with van der Waals surface area (Å²) < 4.78 is 1.78. The van der Waals surface area contributed by atoms with Crippen LogP contribution < -0.4 is 0 Å². The van der Waals surface area contributed by atoms with Gasteiger partial charge in [-0.3, -0.25) is 9.69 Å². The number of carbonyl (C=O) groups is 1. The van der Waals surface area contributed by atoms with E-state index in [1.165, 1.54) is 5.56 Å². The van der Waals surface area contributed by atoms with Crippen molar-refractivity contribution in [3.05, 3.63) is 70.5 Å². The van der Waals surface area contributed by atoms with Crippen molar-refractivity contribution in [2.45, 2.75) is 27.3 Å². The van der Waals surface area contributed by atoms with Gasteiger partial charge in [0.2, 0.25) is 0 Å². The highest BCUT2D eigenvalue weighted by Crippen LogP contribution is 2.15. The van der Waals surface area contributed by atoms with Crippen molar-refractivity contribution in [1.82, 2.24) is 30.0 Å². The second-order valence-corrected chi connectivity index (χ2v) is 7.79. The quantitative estimate of drug-likeness (QED) is 0.685. The Bertz CT molecular complexity index is 982. The molecular weight excluding hydrogens is 364 g/mol. The van der Waals surface area contributed by atoms with E-state index in [1.54, 1.807) is 4.68 Å². The number of hydrogen-bond donors (Lipinski definition) is 0. The van der Waals surface area contributed by atoms with E-state index in [4.69, 9.17) is 0 Å². The molecule has 1 aliphatic heterocycles. The summed E-state index contributed by atoms with van der Waals surface area (Å²) >= 11 is 0. The highest BCUT2D eigenvalue weighted by Gasteiger charge is 2.24. The van der Waals surface area contributed by atoms with Crippen LogP contribution in [-0.4, -0.2) is 62.1 Å². The maximum Gasteiger partial charge on any atom is 0.253 e. The molecule has 0 unspecified atom stereocenters. The topological polar surface area (TPSA) is 67.2 Å². The number of carbonyl (C=O) groups excluding carboxylic acids is 1. The molecule has 29 heavy (non-hydrogen) atoms. The van der Waals surface area contributed by atoms with E-state index in [0.717, 1.165) is 41.3 Å². The lowest BCUT2D eigenvalue weighted by atomic mass is 10.1. The summed E-state index contributed by atoms with van der Waals surface area (Å²) in [6.07, 6.45) is 0. The van der Waals surface area contributed by atoms with Crippen LogP contribution in [0.3, 0.4) is 0 Å². The molecule has 2 heterocycles. The van der Waals surface area contributed by atoms with Crippen LogP contribution in [0.1, 0.15) is 32.9 Å². The summed E-state index contributed by atoms with van der Waals surface area (Å²) in [5.41, 5.74) is 5.18. The highest BCUT2D eigenvalue weighted by atomic mass is 16.2. The number of aryl methyl sites for hydroxylation is 3. The Morgan fingerprint density at radius 3 is 2.21 bits per heavy atom. The van der Waals surface area contributed by atoms with Crippen LogP contribution in [0.25, 0.3) is 5.69 Å². The Labute approximate surface area is 170 Å². The first-order valence-corrected chi connectivity index (χ1v) is 9.94. The van der Waals surface area contributed by atoms with Crippen molar-refractivity contribution in [2.24, 2.45) is 0 Å². The Kier molecular flexibility index (Phi) is 5.40. The summed E-state index contributed by atoms with van der Waals surface area (Å²) in [5, 5.41) is 12.2. The van der Waals surface area contributed by atoms with Crippen LogP contribution in [0.2, 0.25) is 0 Å². The van der Waals surface area contributed by atoms with Gasteiger partial charge < -0.3 is 4.90 Å². The van der Waals surface area contributed by atoms with E-state index < -0.39 is 0 Å². The molecule has 0 spiro atoms. The van der Waals surface area contributed by atoms with Gasteiger partial charge in [0.1, 0.15) is 0 Å². The number of benzene rings is 2. The molecule has 3 aromatic rings. The van der Waals surface area contributed by atoms with Crippen molar-refractivity contribution in [3.8, 4) is 5.69 Å². The zero-order valence-electron chi connectivity index (χ0n) is 17.2. The van der Waals surface area contributed by atoms with E-state index in [9.17, 15) is 4.79 Å². The van der Waals surface area contributed by atoms with Crippen molar-refractivity contribution in [2.75, 3.05) is 26.2 Å². The van der Waals surface area contributed by atoms with E-state index >= 15 is 0 Å². The largest absolute Gasteiger partial charge is 0.336 e. The van der Waals surface area contributed by atoms with Crippen LogP contribution in [0.15, 0.2) is 42.5 Å². The smallest absolute Gasteiger partial charge is 0.253 e. The number of aromatic nitrogens is 4. The van der Waals surface area contributed by atoms with Gasteiger partial charge in [-0.05, 0) is 55.5 Å². The van der Waals surface area contributed by atoms with Crippen LogP contribution in [0.5, 0.6) is 0 Å². The van der Waals surface area contributed by atoms with Crippen LogP contribution in [0, 0.1) is 20.8 Å². The molecule has 2 aromatic carbocycles. The average Bonchev–Trinajstić information content (AvgIpc) is 3.16. The number of amides is 1. The van der Waals surface area contributed by atoms with E-state index in [-0.39, 0.29) is 5.91 Å². The number of nitrogens with zero attached hydrogens (tertiary/aromatic N) is 6. The zero-order chi connectivity index (χ0) is 20.4. The molecule has 1 amide bonds. The molecule has 1 aromatic heterocycles. The highest BCUT2D eigenvalue weighted by molar-refractivity contribution is 5.94. The third kappa shape index (κ3) is 4.35. The molecule has 1 saturated heterocycles. The molecule has 0 aliphatic carbocycles. The minimum absolute atomic E-state index is 0.112. The summed E-state index contributed by atoms with van der Waals surface area (Å²) in [5.74, 6) is 0.920. The van der Waals surface area contributed by atoms with Gasteiger partial charge in [-0.1, -0.05) is 34.9 Å². The first-order valence-electron chi connectivity index (χ1n) is 9.94. The molecule has 0 atom stereocenters. The molecule has 150 valence electrons. The van der Waals surface area contributed by atoms with E-state index in [0.29, 0.717) is 19.6 Å². The van der Waals surface area contributed by atoms with Gasteiger partial charge >= 0.3 is 0 Å². The first-order chi connectivity index (χ1) is 14.0. The molecule has 0 radical (unpaired) electrons. The second kappa shape index (κ2) is 8.13. The lowest BCUT2D eigenvalue weighted by molar-refractivity contribution is 0.0624. The Balaban J connectivity index is 1.39. The lowest BCUT2D eigenvalue weighted by Crippen LogP contribution is -2.48. The summed E-state index contributed by atoms with van der Waals surface area (Å²) in [6, 6.07) is 14.2. The molecule has 0 bridgehead atoms. The minimum Gasteiger partial charge on any atom is -0.336 e. The number of piperazine rings is 1. The van der Waals surface area contributed by atoms with Crippen LogP contribution >= 0.6 is 0 Å². The molecule has 4 rings (SSSR count). The Morgan fingerprint density at radius 1 is 0.897 bits per heavy atom. The predicted molar refractivity (Wildman–Crippen MR) is 111 cm³/mol. The monoisotopic (exact) mass is 390 g/mol. The summed E-state index contributed by atoms with van der Waals surface area (Å²) in [4.78, 5) is 17.1. The standard InChI is InChI=1S/C22H26N6O/c1-16-4-6-20(7-5-16)28-21(23-24-25-28)15-26-8-10-27(11-9-26)22(29)19-13-17(2)12-18(3)14-19/h4-7,12-14H,8-11,15H2,1-3H3. The van der Waals surface area contributed by atoms with Gasteiger partial charge in [0.25, 0.3) is 5.91 Å². The zero-order valence-corrected chi connectivity index (χ0v) is 17.2. The maximum atomic E-state index is 12.9. The average molecular weight is 390 g/mol. The van der Waals surface area contributed by atoms with Gasteiger partial charge in [0, 0.05) is 31.7 Å². The molecule has 7 nitrogen and oxygen atoms in total. The SMILES string of the molecule is Cc1ccc(-n2nnnc2CN2CCN(C(=O)c3cc(C)cc(C)c3)CC2)cc1. The normalized spacial score (nSPS) is 14.9. The lowest BCUT2D eigenvalue weighted by Gasteiger charge is -2.34. The van der Waals surface area contributed by atoms with Gasteiger partial charge in [0.05, 0.1) is 12.2 Å². The van der Waals surface area contributed by atoms with Gasteiger partial charge in [-0.25, -0.2) is 0 Å². The number of hydrogen-bond acceptors (Lipinski definition) is 5. The molecular formula is C22H26N6O. The van der Waals surface area contributed by atoms with Crippen molar-refractivity contribution in [3.63, 3.8) is 0 Å². The molecule has 1 fully saturated rings. The Hall–Kier alpha value is -3.06. The first kappa shape index (κ1) is 19.3. The number of tetrazole rings is 1. The van der Waals surface area contributed by atoms with Crippen LogP contribution in [-0.2, 0) is 6.54 Å². The van der Waals surface area contributed by atoms with Crippen molar-refractivity contribution < 1.29 is 4.79 Å². The molecule has 1 aliphatic rings. The predicted octanol–water partition coefficient (Wildman–Crippen LogP) is 2.55. The third-order valence-electron chi connectivity index (χ3n) is 5.31. The van der Waals surface area contributed by atoms with Gasteiger partial charge in [0.15, 0.2) is 5.82 Å². The second-order valence-electron chi connectivity index (χ2n) is 7.79.